The minimum Gasteiger partial charge on any atom is -0.309 e. The Morgan fingerprint density at radius 3 is 2.10 bits per heavy atom. The van der Waals surface area contributed by atoms with Crippen LogP contribution < -0.4 is 5.32 Å². The van der Waals surface area contributed by atoms with Crippen molar-refractivity contribution in [1.29, 1.82) is 0 Å². The van der Waals surface area contributed by atoms with Gasteiger partial charge in [-0.3, -0.25) is 0 Å². The Bertz CT molecular complexity index is 608. The van der Waals surface area contributed by atoms with E-state index in [0.717, 1.165) is 0 Å². The van der Waals surface area contributed by atoms with Crippen LogP contribution in [0.3, 0.4) is 0 Å². The largest absolute Gasteiger partial charge is 0.309 e. The number of aryl methyl sites for hydroxylation is 4. The predicted molar refractivity (Wildman–Crippen MR) is 95.5 cm³/mol. The second-order valence-electron chi connectivity index (χ2n) is 5.51. The van der Waals surface area contributed by atoms with Gasteiger partial charge in [0.05, 0.1) is 6.04 Å². The molecule has 1 N–H and O–H groups in total. The highest BCUT2D eigenvalue weighted by molar-refractivity contribution is 14.1. The number of nitrogens with one attached hydrogen (secondary N) is 1. The Hall–Kier alpha value is -0.870. The van der Waals surface area contributed by atoms with Crippen molar-refractivity contribution in [3.05, 3.63) is 67.3 Å². The summed E-state index contributed by atoms with van der Waals surface area (Å²) in [6.45, 7) is 8.76. The van der Waals surface area contributed by atoms with E-state index in [4.69, 9.17) is 0 Å². The van der Waals surface area contributed by atoms with Gasteiger partial charge in [-0.15, -0.1) is 0 Å². The van der Waals surface area contributed by atoms with E-state index >= 15 is 0 Å². The Labute approximate surface area is 135 Å². The molecular weight excluding hydrogens is 357 g/mol. The molecule has 0 aromatic heterocycles. The average Bonchev–Trinajstić information content (AvgIpc) is 2.37. The zero-order valence-corrected chi connectivity index (χ0v) is 15.0. The van der Waals surface area contributed by atoms with Gasteiger partial charge in [-0.2, -0.15) is 0 Å². The van der Waals surface area contributed by atoms with Gasteiger partial charge in [0.1, 0.15) is 0 Å². The monoisotopic (exact) mass is 379 g/mol. The van der Waals surface area contributed by atoms with E-state index < -0.39 is 0 Å². The van der Waals surface area contributed by atoms with Gasteiger partial charge in [-0.1, -0.05) is 35.9 Å². The van der Waals surface area contributed by atoms with Gasteiger partial charge >= 0.3 is 0 Å². The molecule has 0 amide bonds. The summed E-state index contributed by atoms with van der Waals surface area (Å²) in [5.74, 6) is 0. The smallest absolute Gasteiger partial charge is 0.0590 e. The first-order chi connectivity index (χ1) is 9.45. The van der Waals surface area contributed by atoms with Gasteiger partial charge in [0.25, 0.3) is 0 Å². The van der Waals surface area contributed by atoms with Gasteiger partial charge in [-0.25, -0.2) is 0 Å². The first-order valence-electron chi connectivity index (χ1n) is 6.95. The fourth-order valence-electron chi connectivity index (χ4n) is 2.99. The first-order valence-corrected chi connectivity index (χ1v) is 8.03. The molecule has 2 aromatic carbocycles. The standard InChI is InChI=1S/C18H22IN/c1-11-9-13(3)16(14(4)10-11)18(20-5)15-8-6-7-12(2)17(15)19/h6-10,18,20H,1-5H3. The number of hydrogen-bond acceptors (Lipinski definition) is 1. The summed E-state index contributed by atoms with van der Waals surface area (Å²) < 4.78 is 1.35. The summed E-state index contributed by atoms with van der Waals surface area (Å²) in [4.78, 5) is 0. The molecule has 0 fully saturated rings. The number of rotatable bonds is 3. The maximum atomic E-state index is 3.50. The molecule has 1 unspecified atom stereocenters. The molecule has 2 rings (SSSR count). The molecule has 20 heavy (non-hydrogen) atoms. The van der Waals surface area contributed by atoms with Crippen LogP contribution in [0.4, 0.5) is 0 Å². The summed E-state index contributed by atoms with van der Waals surface area (Å²) in [6.07, 6.45) is 0. The summed E-state index contributed by atoms with van der Waals surface area (Å²) in [5.41, 5.74) is 8.16. The van der Waals surface area contributed by atoms with Crippen molar-refractivity contribution in [2.24, 2.45) is 0 Å². The highest BCUT2D eigenvalue weighted by Crippen LogP contribution is 2.32. The van der Waals surface area contributed by atoms with Crippen LogP contribution in [-0.4, -0.2) is 7.05 Å². The topological polar surface area (TPSA) is 12.0 Å². The lowest BCUT2D eigenvalue weighted by molar-refractivity contribution is 0.679. The Morgan fingerprint density at radius 1 is 0.950 bits per heavy atom. The Balaban J connectivity index is 2.62. The summed E-state index contributed by atoms with van der Waals surface area (Å²) in [5, 5.41) is 3.50. The number of benzene rings is 2. The highest BCUT2D eigenvalue weighted by Gasteiger charge is 2.19. The van der Waals surface area contributed by atoms with E-state index in [1.165, 1.54) is 37.0 Å². The third-order valence-corrected chi connectivity index (χ3v) is 5.32. The van der Waals surface area contributed by atoms with Crippen LogP contribution in [0, 0.1) is 31.3 Å². The van der Waals surface area contributed by atoms with Crippen LogP contribution in [0.2, 0.25) is 0 Å². The molecule has 2 aromatic rings. The van der Waals surface area contributed by atoms with E-state index in [0.29, 0.717) is 0 Å². The summed E-state index contributed by atoms with van der Waals surface area (Å²) in [6, 6.07) is 11.4. The molecule has 0 radical (unpaired) electrons. The molecule has 0 aliphatic rings. The van der Waals surface area contributed by atoms with E-state index in [1.807, 2.05) is 7.05 Å². The van der Waals surface area contributed by atoms with Crippen LogP contribution >= 0.6 is 22.6 Å². The van der Waals surface area contributed by atoms with E-state index in [-0.39, 0.29) is 6.04 Å². The molecule has 0 saturated heterocycles. The van der Waals surface area contributed by atoms with Gasteiger partial charge < -0.3 is 5.32 Å². The third-order valence-electron chi connectivity index (χ3n) is 3.85. The van der Waals surface area contributed by atoms with Crippen LogP contribution in [0.25, 0.3) is 0 Å². The van der Waals surface area contributed by atoms with Gasteiger partial charge in [0, 0.05) is 3.57 Å². The normalized spacial score (nSPS) is 12.5. The van der Waals surface area contributed by atoms with Crippen molar-refractivity contribution in [2.75, 3.05) is 7.05 Å². The molecular formula is C18H22IN. The molecule has 0 bridgehead atoms. The molecule has 1 atom stereocenters. The van der Waals surface area contributed by atoms with E-state index in [2.05, 4.69) is 85.9 Å². The fraction of sp³-hybridized carbons (Fsp3) is 0.333. The summed E-state index contributed by atoms with van der Waals surface area (Å²) >= 11 is 2.46. The van der Waals surface area contributed by atoms with Crippen LogP contribution in [-0.2, 0) is 0 Å². The van der Waals surface area contributed by atoms with Crippen molar-refractivity contribution >= 4 is 22.6 Å². The first kappa shape index (κ1) is 15.5. The van der Waals surface area contributed by atoms with Crippen molar-refractivity contribution in [2.45, 2.75) is 33.7 Å². The molecule has 0 aliphatic carbocycles. The van der Waals surface area contributed by atoms with Crippen molar-refractivity contribution in [3.8, 4) is 0 Å². The van der Waals surface area contributed by atoms with Crippen LogP contribution in [0.15, 0.2) is 30.3 Å². The van der Waals surface area contributed by atoms with E-state index in [9.17, 15) is 0 Å². The molecule has 0 aliphatic heterocycles. The SMILES string of the molecule is CNC(c1cccc(C)c1I)c1c(C)cc(C)cc1C. The lowest BCUT2D eigenvalue weighted by Crippen LogP contribution is -2.21. The second kappa shape index (κ2) is 6.27. The van der Waals surface area contributed by atoms with Gasteiger partial charge in [0.2, 0.25) is 0 Å². The molecule has 1 nitrogen and oxygen atoms in total. The zero-order valence-electron chi connectivity index (χ0n) is 12.8. The Morgan fingerprint density at radius 2 is 1.55 bits per heavy atom. The third kappa shape index (κ3) is 2.91. The number of halogens is 1. The minimum atomic E-state index is 0.252. The Kier molecular flexibility index (Phi) is 4.86. The quantitative estimate of drug-likeness (QED) is 0.753. The lowest BCUT2D eigenvalue weighted by Gasteiger charge is -2.24. The maximum absolute atomic E-state index is 3.50. The van der Waals surface area contributed by atoms with Crippen LogP contribution in [0.5, 0.6) is 0 Å². The van der Waals surface area contributed by atoms with E-state index in [1.54, 1.807) is 0 Å². The van der Waals surface area contributed by atoms with Crippen molar-refractivity contribution < 1.29 is 0 Å². The molecule has 106 valence electrons. The minimum absolute atomic E-state index is 0.252. The lowest BCUT2D eigenvalue weighted by atomic mass is 9.89. The summed E-state index contributed by atoms with van der Waals surface area (Å²) in [7, 11) is 2.04. The molecule has 0 saturated carbocycles. The van der Waals surface area contributed by atoms with Crippen molar-refractivity contribution in [1.82, 2.24) is 5.32 Å². The van der Waals surface area contributed by atoms with Gasteiger partial charge in [-0.05, 0) is 85.2 Å². The van der Waals surface area contributed by atoms with Crippen molar-refractivity contribution in [3.63, 3.8) is 0 Å². The predicted octanol–water partition coefficient (Wildman–Crippen LogP) is 4.83. The van der Waals surface area contributed by atoms with Gasteiger partial charge in [0.15, 0.2) is 0 Å². The second-order valence-corrected chi connectivity index (χ2v) is 6.59. The molecule has 0 spiro atoms. The molecule has 0 heterocycles. The molecule has 2 heteroatoms. The fourth-order valence-corrected chi connectivity index (χ4v) is 3.67. The maximum Gasteiger partial charge on any atom is 0.0590 e. The average molecular weight is 379 g/mol. The van der Waals surface area contributed by atoms with Crippen LogP contribution in [0.1, 0.15) is 39.4 Å². The zero-order chi connectivity index (χ0) is 14.9. The number of hydrogen-bond donors (Lipinski definition) is 1. The highest BCUT2D eigenvalue weighted by atomic mass is 127.